The maximum absolute atomic E-state index is 11.9. The Morgan fingerprint density at radius 3 is 2.65 bits per heavy atom. The standard InChI is InChI=1S/C12H22N2O3/c1-9-5-4-7-14(9)11(15)6-8-13(3)10(2)12(16)17/h9-10H,4-8H2,1-3H3,(H,16,17). The number of carboxylic acid groups (broad SMARTS) is 1. The molecule has 0 radical (unpaired) electrons. The number of likely N-dealkylation sites (N-methyl/N-ethyl adjacent to an activating group) is 1. The zero-order valence-electron chi connectivity index (χ0n) is 10.8. The summed E-state index contributed by atoms with van der Waals surface area (Å²) in [5.74, 6) is -0.714. The lowest BCUT2D eigenvalue weighted by molar-refractivity contribution is -0.143. The molecule has 0 aromatic heterocycles. The predicted molar refractivity (Wildman–Crippen MR) is 64.8 cm³/mol. The third-order valence-corrected chi connectivity index (χ3v) is 3.57. The zero-order chi connectivity index (χ0) is 13.0. The summed E-state index contributed by atoms with van der Waals surface area (Å²) >= 11 is 0. The van der Waals surface area contributed by atoms with E-state index in [2.05, 4.69) is 6.92 Å². The minimum absolute atomic E-state index is 0.138. The van der Waals surface area contributed by atoms with Crippen LogP contribution in [0.1, 0.15) is 33.1 Å². The summed E-state index contributed by atoms with van der Waals surface area (Å²) in [5, 5.41) is 8.83. The average molecular weight is 242 g/mol. The molecule has 5 nitrogen and oxygen atoms in total. The fourth-order valence-corrected chi connectivity index (χ4v) is 2.10. The number of nitrogens with zero attached hydrogens (tertiary/aromatic N) is 2. The summed E-state index contributed by atoms with van der Waals surface area (Å²) in [6.07, 6.45) is 2.56. The molecule has 2 atom stereocenters. The van der Waals surface area contributed by atoms with Gasteiger partial charge in [0.05, 0.1) is 0 Å². The topological polar surface area (TPSA) is 60.9 Å². The number of hydrogen-bond donors (Lipinski definition) is 1. The number of likely N-dealkylation sites (tertiary alicyclic amines) is 1. The molecule has 1 aliphatic heterocycles. The summed E-state index contributed by atoms with van der Waals surface area (Å²) in [6.45, 7) is 5.04. The van der Waals surface area contributed by atoms with Crippen molar-refractivity contribution < 1.29 is 14.7 Å². The Morgan fingerprint density at radius 1 is 1.53 bits per heavy atom. The maximum atomic E-state index is 11.9. The van der Waals surface area contributed by atoms with Crippen LogP contribution in [0, 0.1) is 0 Å². The van der Waals surface area contributed by atoms with E-state index in [9.17, 15) is 9.59 Å². The molecule has 1 amide bonds. The van der Waals surface area contributed by atoms with Crippen LogP contribution in [-0.4, -0.2) is 59.0 Å². The summed E-state index contributed by atoms with van der Waals surface area (Å²) in [5.41, 5.74) is 0. The van der Waals surface area contributed by atoms with Crippen LogP contribution in [0.15, 0.2) is 0 Å². The van der Waals surface area contributed by atoms with E-state index in [1.165, 1.54) is 0 Å². The summed E-state index contributed by atoms with van der Waals surface area (Å²) in [6, 6.07) is -0.205. The fraction of sp³-hybridized carbons (Fsp3) is 0.833. The van der Waals surface area contributed by atoms with E-state index in [0.29, 0.717) is 19.0 Å². The molecule has 98 valence electrons. The molecule has 1 fully saturated rings. The van der Waals surface area contributed by atoms with Crippen molar-refractivity contribution in [2.45, 2.75) is 45.2 Å². The van der Waals surface area contributed by atoms with Crippen molar-refractivity contribution in [1.29, 1.82) is 0 Å². The van der Waals surface area contributed by atoms with Gasteiger partial charge in [-0.3, -0.25) is 14.5 Å². The van der Waals surface area contributed by atoms with Crippen LogP contribution in [0.2, 0.25) is 0 Å². The number of aliphatic carboxylic acids is 1. The predicted octanol–water partition coefficient (Wildman–Crippen LogP) is 0.792. The van der Waals surface area contributed by atoms with Crippen LogP contribution >= 0.6 is 0 Å². The lowest BCUT2D eigenvalue weighted by atomic mass is 10.2. The number of carbonyl (C=O) groups is 2. The quantitative estimate of drug-likeness (QED) is 0.774. The van der Waals surface area contributed by atoms with Gasteiger partial charge in [-0.25, -0.2) is 0 Å². The van der Waals surface area contributed by atoms with Gasteiger partial charge in [-0.05, 0) is 33.7 Å². The molecular weight excluding hydrogens is 220 g/mol. The van der Waals surface area contributed by atoms with Gasteiger partial charge in [-0.15, -0.1) is 0 Å². The van der Waals surface area contributed by atoms with E-state index in [-0.39, 0.29) is 5.91 Å². The maximum Gasteiger partial charge on any atom is 0.320 e. The van der Waals surface area contributed by atoms with Gasteiger partial charge in [0, 0.05) is 25.6 Å². The first-order chi connectivity index (χ1) is 7.93. The second kappa shape index (κ2) is 6.00. The van der Waals surface area contributed by atoms with Crippen LogP contribution < -0.4 is 0 Å². The monoisotopic (exact) mass is 242 g/mol. The van der Waals surface area contributed by atoms with Gasteiger partial charge in [0.2, 0.25) is 5.91 Å². The second-order valence-electron chi connectivity index (χ2n) is 4.82. The Balaban J connectivity index is 2.35. The smallest absolute Gasteiger partial charge is 0.320 e. The molecule has 0 aromatic carbocycles. The molecule has 0 aromatic rings. The molecule has 17 heavy (non-hydrogen) atoms. The van der Waals surface area contributed by atoms with Crippen molar-refractivity contribution >= 4 is 11.9 Å². The van der Waals surface area contributed by atoms with Crippen molar-refractivity contribution in [3.8, 4) is 0 Å². The first-order valence-corrected chi connectivity index (χ1v) is 6.16. The SMILES string of the molecule is CC(C(=O)O)N(C)CCC(=O)N1CCCC1C. The molecule has 1 saturated heterocycles. The largest absolute Gasteiger partial charge is 0.480 e. The van der Waals surface area contributed by atoms with Crippen molar-refractivity contribution in [2.75, 3.05) is 20.1 Å². The molecule has 1 N–H and O–H groups in total. The molecule has 1 rings (SSSR count). The second-order valence-corrected chi connectivity index (χ2v) is 4.82. The van der Waals surface area contributed by atoms with Gasteiger partial charge in [0.25, 0.3) is 0 Å². The van der Waals surface area contributed by atoms with Crippen molar-refractivity contribution in [2.24, 2.45) is 0 Å². The highest BCUT2D eigenvalue weighted by atomic mass is 16.4. The average Bonchev–Trinajstić information content (AvgIpc) is 2.70. The van der Waals surface area contributed by atoms with Crippen LogP contribution in [0.25, 0.3) is 0 Å². The minimum atomic E-state index is -0.852. The molecular formula is C12H22N2O3. The van der Waals surface area contributed by atoms with E-state index in [1.807, 2.05) is 4.90 Å². The fourth-order valence-electron chi connectivity index (χ4n) is 2.10. The van der Waals surface area contributed by atoms with E-state index in [0.717, 1.165) is 19.4 Å². The highest BCUT2D eigenvalue weighted by Crippen LogP contribution is 2.17. The zero-order valence-corrected chi connectivity index (χ0v) is 10.8. The van der Waals surface area contributed by atoms with Crippen molar-refractivity contribution in [1.82, 2.24) is 9.80 Å². The third kappa shape index (κ3) is 3.70. The Hall–Kier alpha value is -1.10. The first-order valence-electron chi connectivity index (χ1n) is 6.16. The van der Waals surface area contributed by atoms with Gasteiger partial charge >= 0.3 is 5.97 Å². The number of rotatable bonds is 5. The van der Waals surface area contributed by atoms with Crippen LogP contribution in [-0.2, 0) is 9.59 Å². The highest BCUT2D eigenvalue weighted by molar-refractivity contribution is 5.77. The summed E-state index contributed by atoms with van der Waals surface area (Å²) in [7, 11) is 1.74. The van der Waals surface area contributed by atoms with Crippen molar-refractivity contribution in [3.63, 3.8) is 0 Å². The molecule has 1 aliphatic rings. The molecule has 5 heteroatoms. The lowest BCUT2D eigenvalue weighted by Gasteiger charge is -2.24. The molecule has 0 saturated carbocycles. The van der Waals surface area contributed by atoms with Gasteiger partial charge in [0.1, 0.15) is 6.04 Å². The molecule has 0 spiro atoms. The van der Waals surface area contributed by atoms with Gasteiger partial charge in [-0.2, -0.15) is 0 Å². The van der Waals surface area contributed by atoms with Gasteiger partial charge in [-0.1, -0.05) is 0 Å². The number of carbonyl (C=O) groups excluding carboxylic acids is 1. The molecule has 0 aliphatic carbocycles. The minimum Gasteiger partial charge on any atom is -0.480 e. The normalized spacial score (nSPS) is 21.9. The van der Waals surface area contributed by atoms with Crippen molar-refractivity contribution in [3.05, 3.63) is 0 Å². The summed E-state index contributed by atoms with van der Waals surface area (Å²) < 4.78 is 0. The Bertz CT molecular complexity index is 293. The Kier molecular flexibility index (Phi) is 4.93. The van der Waals surface area contributed by atoms with E-state index >= 15 is 0 Å². The summed E-state index contributed by atoms with van der Waals surface area (Å²) in [4.78, 5) is 26.3. The molecule has 1 heterocycles. The van der Waals surface area contributed by atoms with Gasteiger partial charge < -0.3 is 10.0 Å². The van der Waals surface area contributed by atoms with E-state index in [1.54, 1.807) is 18.9 Å². The van der Waals surface area contributed by atoms with E-state index < -0.39 is 12.0 Å². The molecule has 0 bridgehead atoms. The van der Waals surface area contributed by atoms with Crippen LogP contribution in [0.4, 0.5) is 0 Å². The third-order valence-electron chi connectivity index (χ3n) is 3.57. The first kappa shape index (κ1) is 14.0. The molecule has 2 unspecified atom stereocenters. The Labute approximate surface area is 102 Å². The Morgan fingerprint density at radius 2 is 2.18 bits per heavy atom. The van der Waals surface area contributed by atoms with E-state index in [4.69, 9.17) is 5.11 Å². The number of hydrogen-bond acceptors (Lipinski definition) is 3. The van der Waals surface area contributed by atoms with Gasteiger partial charge in [0.15, 0.2) is 0 Å². The van der Waals surface area contributed by atoms with Crippen LogP contribution in [0.3, 0.4) is 0 Å². The number of amides is 1. The highest BCUT2D eigenvalue weighted by Gasteiger charge is 2.25. The number of carboxylic acids is 1. The lowest BCUT2D eigenvalue weighted by Crippen LogP contribution is -2.40. The van der Waals surface area contributed by atoms with Crippen LogP contribution in [0.5, 0.6) is 0 Å².